The number of fused-ring (bicyclic) bond motifs is 2. The maximum absolute atomic E-state index is 11.6. The van der Waals surface area contributed by atoms with Crippen LogP contribution in [0.15, 0.2) is 34.4 Å². The molecule has 4 nitrogen and oxygen atoms in total. The lowest BCUT2D eigenvalue weighted by molar-refractivity contribution is -0.144. The van der Waals surface area contributed by atoms with Gasteiger partial charge in [-0.2, -0.15) is 0 Å². The highest BCUT2D eigenvalue weighted by Gasteiger charge is 2.50. The molecule has 0 aromatic carbocycles. The molecule has 0 N–H and O–H groups in total. The van der Waals surface area contributed by atoms with Gasteiger partial charge in [-0.3, -0.25) is 4.79 Å². The van der Waals surface area contributed by atoms with Crippen LogP contribution in [0.3, 0.4) is 0 Å². The molecular weight excluding hydrogens is 328 g/mol. The Labute approximate surface area is 157 Å². The number of esters is 1. The smallest absolute Gasteiger partial charge is 0.303 e. The number of epoxide rings is 1. The van der Waals surface area contributed by atoms with Gasteiger partial charge in [-0.15, -0.1) is 0 Å². The van der Waals surface area contributed by atoms with Gasteiger partial charge in [0, 0.05) is 13.3 Å². The van der Waals surface area contributed by atoms with Crippen molar-refractivity contribution < 1.29 is 19.0 Å². The minimum absolute atomic E-state index is 0.00359. The predicted octanol–water partition coefficient (Wildman–Crippen LogP) is 4.65. The molecule has 0 amide bonds. The van der Waals surface area contributed by atoms with Gasteiger partial charge < -0.3 is 14.2 Å². The van der Waals surface area contributed by atoms with E-state index in [4.69, 9.17) is 14.2 Å². The van der Waals surface area contributed by atoms with Gasteiger partial charge in [0.05, 0.1) is 24.4 Å². The van der Waals surface area contributed by atoms with E-state index in [1.54, 1.807) is 0 Å². The van der Waals surface area contributed by atoms with E-state index >= 15 is 0 Å². The number of rotatable bonds is 1. The molecule has 1 saturated heterocycles. The predicted molar refractivity (Wildman–Crippen MR) is 102 cm³/mol. The Morgan fingerprint density at radius 2 is 2.08 bits per heavy atom. The van der Waals surface area contributed by atoms with Gasteiger partial charge in [0.15, 0.2) is 0 Å². The van der Waals surface area contributed by atoms with Crippen LogP contribution in [0.25, 0.3) is 0 Å². The van der Waals surface area contributed by atoms with Gasteiger partial charge in [-0.05, 0) is 70.1 Å². The first-order valence-electron chi connectivity index (χ1n) is 9.77. The topological polar surface area (TPSA) is 48.1 Å². The minimum Gasteiger partial charge on any atom is -0.458 e. The van der Waals surface area contributed by atoms with Crippen LogP contribution in [0.4, 0.5) is 0 Å². The van der Waals surface area contributed by atoms with E-state index in [0.717, 1.165) is 31.3 Å². The Kier molecular flexibility index (Phi) is 5.73. The lowest BCUT2D eigenvalue weighted by atomic mass is 9.91. The van der Waals surface area contributed by atoms with Crippen molar-refractivity contribution >= 4 is 5.97 Å². The Morgan fingerprint density at radius 3 is 2.81 bits per heavy atom. The lowest BCUT2D eigenvalue weighted by Crippen LogP contribution is -2.22. The summed E-state index contributed by atoms with van der Waals surface area (Å²) in [6, 6.07) is 0. The zero-order valence-corrected chi connectivity index (χ0v) is 16.8. The van der Waals surface area contributed by atoms with Gasteiger partial charge in [-0.1, -0.05) is 17.7 Å². The molecule has 0 aromatic heterocycles. The average molecular weight is 360 g/mol. The molecule has 1 fully saturated rings. The first kappa shape index (κ1) is 19.4. The fourth-order valence-electron chi connectivity index (χ4n) is 4.08. The van der Waals surface area contributed by atoms with Crippen molar-refractivity contribution in [3.05, 3.63) is 34.4 Å². The summed E-state index contributed by atoms with van der Waals surface area (Å²) < 4.78 is 17.6. The first-order chi connectivity index (χ1) is 12.3. The normalized spacial score (nSPS) is 35.7. The molecular formula is C22H32O4. The molecule has 0 bridgehead atoms. The molecule has 1 aliphatic carbocycles. The van der Waals surface area contributed by atoms with Crippen molar-refractivity contribution in [2.45, 2.75) is 90.6 Å². The van der Waals surface area contributed by atoms with Crippen molar-refractivity contribution in [3.63, 3.8) is 0 Å². The first-order valence-corrected chi connectivity index (χ1v) is 9.77. The molecule has 0 aromatic rings. The van der Waals surface area contributed by atoms with Crippen LogP contribution in [-0.4, -0.2) is 36.5 Å². The van der Waals surface area contributed by atoms with Crippen molar-refractivity contribution in [2.24, 2.45) is 0 Å². The van der Waals surface area contributed by atoms with Crippen LogP contribution in [0, 0.1) is 0 Å². The van der Waals surface area contributed by atoms with Crippen LogP contribution in [0.1, 0.15) is 66.7 Å². The SMILES string of the molecule is CC(=O)OC1CC2=C(C)COC2C=C(C)CCC2OC2(C)CCC=C1C. The zero-order valence-electron chi connectivity index (χ0n) is 16.8. The number of carbonyl (C=O) groups is 1. The highest BCUT2D eigenvalue weighted by atomic mass is 16.6. The second kappa shape index (κ2) is 7.69. The number of hydrogen-bond acceptors (Lipinski definition) is 4. The molecule has 3 rings (SSSR count). The van der Waals surface area contributed by atoms with Gasteiger partial charge >= 0.3 is 5.97 Å². The fraction of sp³-hybridized carbons (Fsp3) is 0.682. The molecule has 144 valence electrons. The van der Waals surface area contributed by atoms with E-state index in [2.05, 4.69) is 39.8 Å². The van der Waals surface area contributed by atoms with Crippen LogP contribution in [-0.2, 0) is 19.0 Å². The minimum atomic E-state index is -0.234. The second-order valence-electron chi connectivity index (χ2n) is 8.30. The van der Waals surface area contributed by atoms with E-state index in [-0.39, 0.29) is 23.8 Å². The molecule has 0 spiro atoms. The van der Waals surface area contributed by atoms with E-state index in [0.29, 0.717) is 19.1 Å². The number of ether oxygens (including phenoxy) is 3. The molecule has 3 aliphatic rings. The van der Waals surface area contributed by atoms with E-state index in [1.807, 2.05) is 0 Å². The van der Waals surface area contributed by atoms with Crippen molar-refractivity contribution in [1.82, 2.24) is 0 Å². The summed E-state index contributed by atoms with van der Waals surface area (Å²) in [7, 11) is 0. The summed E-state index contributed by atoms with van der Waals surface area (Å²) in [5, 5.41) is 0. The molecule has 2 heterocycles. The Morgan fingerprint density at radius 1 is 1.31 bits per heavy atom. The standard InChI is InChI=1S/C22H32O4/c1-14-8-9-21-22(5,26-21)10-6-7-15(2)19(25-17(4)23)12-18-16(3)13-24-20(18)11-14/h7,11,19-21H,6,8-10,12-13H2,1-5H3. The summed E-state index contributed by atoms with van der Waals surface area (Å²) in [5.74, 6) is -0.234. The largest absolute Gasteiger partial charge is 0.458 e. The summed E-state index contributed by atoms with van der Waals surface area (Å²) in [5.41, 5.74) is 4.98. The maximum atomic E-state index is 11.6. The molecule has 26 heavy (non-hydrogen) atoms. The molecule has 4 atom stereocenters. The van der Waals surface area contributed by atoms with Crippen LogP contribution in [0.5, 0.6) is 0 Å². The van der Waals surface area contributed by atoms with Gasteiger partial charge in [0.1, 0.15) is 6.10 Å². The van der Waals surface area contributed by atoms with Crippen LogP contribution >= 0.6 is 0 Å². The van der Waals surface area contributed by atoms with E-state index in [1.165, 1.54) is 23.6 Å². The van der Waals surface area contributed by atoms with Crippen molar-refractivity contribution in [1.29, 1.82) is 0 Å². The Balaban J connectivity index is 1.87. The fourth-order valence-corrected chi connectivity index (χ4v) is 4.08. The Hall–Kier alpha value is -1.39. The molecule has 0 radical (unpaired) electrons. The summed E-state index contributed by atoms with van der Waals surface area (Å²) >= 11 is 0. The van der Waals surface area contributed by atoms with Crippen molar-refractivity contribution in [3.8, 4) is 0 Å². The third kappa shape index (κ3) is 4.47. The van der Waals surface area contributed by atoms with Crippen LogP contribution < -0.4 is 0 Å². The average Bonchev–Trinajstić information content (AvgIpc) is 3.09. The van der Waals surface area contributed by atoms with Crippen LogP contribution in [0.2, 0.25) is 0 Å². The monoisotopic (exact) mass is 360 g/mol. The highest BCUT2D eigenvalue weighted by Crippen LogP contribution is 2.44. The van der Waals surface area contributed by atoms with Crippen molar-refractivity contribution in [2.75, 3.05) is 6.61 Å². The quantitative estimate of drug-likeness (QED) is 0.388. The third-order valence-electron chi connectivity index (χ3n) is 5.97. The highest BCUT2D eigenvalue weighted by molar-refractivity contribution is 5.66. The summed E-state index contributed by atoms with van der Waals surface area (Å²) in [6.07, 6.45) is 9.36. The lowest BCUT2D eigenvalue weighted by Gasteiger charge is -2.22. The third-order valence-corrected chi connectivity index (χ3v) is 5.97. The summed E-state index contributed by atoms with van der Waals surface area (Å²) in [4.78, 5) is 11.6. The second-order valence-corrected chi connectivity index (χ2v) is 8.30. The van der Waals surface area contributed by atoms with E-state index < -0.39 is 0 Å². The van der Waals surface area contributed by atoms with Gasteiger partial charge in [-0.25, -0.2) is 0 Å². The molecule has 2 aliphatic heterocycles. The van der Waals surface area contributed by atoms with Gasteiger partial charge in [0.25, 0.3) is 0 Å². The zero-order chi connectivity index (χ0) is 18.9. The van der Waals surface area contributed by atoms with Gasteiger partial charge in [0.2, 0.25) is 0 Å². The summed E-state index contributed by atoms with van der Waals surface area (Å²) in [6.45, 7) is 10.7. The number of allylic oxidation sites excluding steroid dienone is 2. The molecule has 0 saturated carbocycles. The number of carbonyl (C=O) groups excluding carboxylic acids is 1. The maximum Gasteiger partial charge on any atom is 0.303 e. The molecule has 4 unspecified atom stereocenters. The van der Waals surface area contributed by atoms with E-state index in [9.17, 15) is 4.79 Å². The Bertz CT molecular complexity index is 657. The number of hydrogen-bond donors (Lipinski definition) is 0. The molecule has 4 heteroatoms.